The fourth-order valence-corrected chi connectivity index (χ4v) is 2.65. The molecular formula is C10H20N2. The lowest BCUT2D eigenvalue weighted by atomic mass is 9.95. The summed E-state index contributed by atoms with van der Waals surface area (Å²) in [5.41, 5.74) is 0. The molecule has 0 radical (unpaired) electrons. The second-order valence-electron chi connectivity index (χ2n) is 4.25. The molecular weight excluding hydrogens is 148 g/mol. The number of rotatable bonds is 1. The number of piperidine rings is 1. The van der Waals surface area contributed by atoms with Gasteiger partial charge in [0.15, 0.2) is 0 Å². The molecule has 1 N–H and O–H groups in total. The molecule has 2 aliphatic rings. The van der Waals surface area contributed by atoms with E-state index in [0.29, 0.717) is 0 Å². The predicted octanol–water partition coefficient (Wildman–Crippen LogP) is 1.22. The van der Waals surface area contributed by atoms with Gasteiger partial charge in [0, 0.05) is 12.1 Å². The van der Waals surface area contributed by atoms with Gasteiger partial charge in [-0.1, -0.05) is 6.42 Å². The molecule has 2 atom stereocenters. The molecule has 2 heteroatoms. The number of nitrogens with one attached hydrogen (secondary N) is 1. The zero-order valence-electron chi connectivity index (χ0n) is 8.05. The van der Waals surface area contributed by atoms with Crippen molar-refractivity contribution >= 4 is 0 Å². The van der Waals surface area contributed by atoms with Gasteiger partial charge in [-0.3, -0.25) is 0 Å². The maximum atomic E-state index is 3.62. The second kappa shape index (κ2) is 3.75. The third kappa shape index (κ3) is 1.64. The SMILES string of the molecule is CN1CCCC[C@@H]1[C@@H]1CCCN1. The third-order valence-corrected chi connectivity index (χ3v) is 3.39. The number of nitrogens with zero attached hydrogens (tertiary/aromatic N) is 1. The van der Waals surface area contributed by atoms with Crippen LogP contribution in [-0.2, 0) is 0 Å². The van der Waals surface area contributed by atoms with E-state index in [1.165, 1.54) is 45.2 Å². The van der Waals surface area contributed by atoms with E-state index in [0.717, 1.165) is 12.1 Å². The fraction of sp³-hybridized carbons (Fsp3) is 1.00. The second-order valence-corrected chi connectivity index (χ2v) is 4.25. The van der Waals surface area contributed by atoms with E-state index in [1.54, 1.807) is 0 Å². The zero-order chi connectivity index (χ0) is 8.39. The molecule has 0 aromatic rings. The standard InChI is InChI=1S/C10H20N2/c1-12-8-3-2-6-10(12)9-5-4-7-11-9/h9-11H,2-8H2,1H3/t9-,10+/m0/s1. The highest BCUT2D eigenvalue weighted by atomic mass is 15.2. The average molecular weight is 168 g/mol. The van der Waals surface area contributed by atoms with Crippen molar-refractivity contribution in [3.63, 3.8) is 0 Å². The van der Waals surface area contributed by atoms with Crippen LogP contribution in [0.3, 0.4) is 0 Å². The van der Waals surface area contributed by atoms with Crippen molar-refractivity contribution in [2.75, 3.05) is 20.1 Å². The van der Waals surface area contributed by atoms with Gasteiger partial charge in [-0.2, -0.15) is 0 Å². The summed E-state index contributed by atoms with van der Waals surface area (Å²) < 4.78 is 0. The van der Waals surface area contributed by atoms with Gasteiger partial charge in [0.05, 0.1) is 0 Å². The molecule has 2 aliphatic heterocycles. The van der Waals surface area contributed by atoms with Gasteiger partial charge in [-0.15, -0.1) is 0 Å². The molecule has 70 valence electrons. The molecule has 2 fully saturated rings. The van der Waals surface area contributed by atoms with Gasteiger partial charge < -0.3 is 10.2 Å². The van der Waals surface area contributed by atoms with Crippen molar-refractivity contribution in [3.8, 4) is 0 Å². The van der Waals surface area contributed by atoms with Crippen LogP contribution in [0.4, 0.5) is 0 Å². The summed E-state index contributed by atoms with van der Waals surface area (Å²) in [4.78, 5) is 2.55. The Morgan fingerprint density at radius 3 is 2.75 bits per heavy atom. The highest BCUT2D eigenvalue weighted by molar-refractivity contribution is 4.89. The van der Waals surface area contributed by atoms with Crippen molar-refractivity contribution in [3.05, 3.63) is 0 Å². The molecule has 0 saturated carbocycles. The smallest absolute Gasteiger partial charge is 0.0246 e. The minimum absolute atomic E-state index is 0.801. The summed E-state index contributed by atoms with van der Waals surface area (Å²) in [6.45, 7) is 2.55. The van der Waals surface area contributed by atoms with E-state index in [2.05, 4.69) is 17.3 Å². The summed E-state index contributed by atoms with van der Waals surface area (Å²) in [6.07, 6.45) is 7.03. The van der Waals surface area contributed by atoms with E-state index in [4.69, 9.17) is 0 Å². The van der Waals surface area contributed by atoms with Gasteiger partial charge in [0.1, 0.15) is 0 Å². The van der Waals surface area contributed by atoms with Crippen molar-refractivity contribution < 1.29 is 0 Å². The molecule has 0 aromatic heterocycles. The first-order valence-corrected chi connectivity index (χ1v) is 5.31. The van der Waals surface area contributed by atoms with Crippen LogP contribution in [-0.4, -0.2) is 37.1 Å². The first kappa shape index (κ1) is 8.52. The lowest BCUT2D eigenvalue weighted by molar-refractivity contribution is 0.152. The van der Waals surface area contributed by atoms with Gasteiger partial charge in [-0.25, -0.2) is 0 Å². The largest absolute Gasteiger partial charge is 0.312 e. The lowest BCUT2D eigenvalue weighted by Gasteiger charge is -2.36. The van der Waals surface area contributed by atoms with Crippen molar-refractivity contribution in [1.29, 1.82) is 0 Å². The highest BCUT2D eigenvalue weighted by Crippen LogP contribution is 2.22. The maximum absolute atomic E-state index is 3.62. The van der Waals surface area contributed by atoms with Crippen LogP contribution in [0.15, 0.2) is 0 Å². The van der Waals surface area contributed by atoms with E-state index < -0.39 is 0 Å². The number of likely N-dealkylation sites (tertiary alicyclic amines) is 1. The first-order valence-electron chi connectivity index (χ1n) is 5.31. The molecule has 2 rings (SSSR count). The summed E-state index contributed by atoms with van der Waals surface area (Å²) in [7, 11) is 2.28. The summed E-state index contributed by atoms with van der Waals surface area (Å²) in [5, 5.41) is 3.62. The number of hydrogen-bond donors (Lipinski definition) is 1. The molecule has 0 aliphatic carbocycles. The minimum atomic E-state index is 0.801. The monoisotopic (exact) mass is 168 g/mol. The Bertz CT molecular complexity index is 141. The van der Waals surface area contributed by atoms with Gasteiger partial charge in [0.25, 0.3) is 0 Å². The van der Waals surface area contributed by atoms with E-state index >= 15 is 0 Å². The first-order chi connectivity index (χ1) is 5.88. The normalized spacial score (nSPS) is 38.8. The van der Waals surface area contributed by atoms with Crippen LogP contribution >= 0.6 is 0 Å². The fourth-order valence-electron chi connectivity index (χ4n) is 2.65. The molecule has 2 saturated heterocycles. The van der Waals surface area contributed by atoms with E-state index in [1.807, 2.05) is 0 Å². The van der Waals surface area contributed by atoms with Crippen LogP contribution in [0.5, 0.6) is 0 Å². The molecule has 0 spiro atoms. The average Bonchev–Trinajstić information content (AvgIpc) is 2.57. The minimum Gasteiger partial charge on any atom is -0.312 e. The molecule has 12 heavy (non-hydrogen) atoms. The quantitative estimate of drug-likeness (QED) is 0.633. The summed E-state index contributed by atoms with van der Waals surface area (Å²) in [5.74, 6) is 0. The highest BCUT2D eigenvalue weighted by Gasteiger charge is 2.28. The molecule has 0 amide bonds. The maximum Gasteiger partial charge on any atom is 0.0246 e. The van der Waals surface area contributed by atoms with Crippen LogP contribution in [0, 0.1) is 0 Å². The van der Waals surface area contributed by atoms with Crippen LogP contribution < -0.4 is 5.32 Å². The van der Waals surface area contributed by atoms with Crippen LogP contribution in [0.1, 0.15) is 32.1 Å². The summed E-state index contributed by atoms with van der Waals surface area (Å²) in [6, 6.07) is 1.64. The zero-order valence-corrected chi connectivity index (χ0v) is 8.05. The molecule has 0 aromatic carbocycles. The van der Waals surface area contributed by atoms with Crippen molar-refractivity contribution in [2.24, 2.45) is 0 Å². The predicted molar refractivity (Wildman–Crippen MR) is 51.3 cm³/mol. The Labute approximate surface area is 75.3 Å². The topological polar surface area (TPSA) is 15.3 Å². The molecule has 2 nitrogen and oxygen atoms in total. The van der Waals surface area contributed by atoms with Crippen LogP contribution in [0.2, 0.25) is 0 Å². The number of likely N-dealkylation sites (N-methyl/N-ethyl adjacent to an activating group) is 1. The third-order valence-electron chi connectivity index (χ3n) is 3.39. The van der Waals surface area contributed by atoms with Gasteiger partial charge in [0.2, 0.25) is 0 Å². The van der Waals surface area contributed by atoms with Crippen LogP contribution in [0.25, 0.3) is 0 Å². The Balaban J connectivity index is 1.91. The molecule has 0 unspecified atom stereocenters. The van der Waals surface area contributed by atoms with E-state index in [9.17, 15) is 0 Å². The Hall–Kier alpha value is -0.0800. The van der Waals surface area contributed by atoms with Gasteiger partial charge in [-0.05, 0) is 45.8 Å². The lowest BCUT2D eigenvalue weighted by Crippen LogP contribution is -2.48. The van der Waals surface area contributed by atoms with Gasteiger partial charge >= 0.3 is 0 Å². The Morgan fingerprint density at radius 1 is 1.17 bits per heavy atom. The van der Waals surface area contributed by atoms with E-state index in [-0.39, 0.29) is 0 Å². The summed E-state index contributed by atoms with van der Waals surface area (Å²) >= 11 is 0. The molecule has 0 bridgehead atoms. The van der Waals surface area contributed by atoms with Crippen molar-refractivity contribution in [2.45, 2.75) is 44.2 Å². The number of hydrogen-bond acceptors (Lipinski definition) is 2. The molecule has 2 heterocycles. The Morgan fingerprint density at radius 2 is 2.08 bits per heavy atom. The van der Waals surface area contributed by atoms with Crippen molar-refractivity contribution in [1.82, 2.24) is 10.2 Å². The Kier molecular flexibility index (Phi) is 2.66.